The van der Waals surface area contributed by atoms with Crippen LogP contribution in [0.15, 0.2) is 60.7 Å². The lowest BCUT2D eigenvalue weighted by atomic mass is 9.79. The summed E-state index contributed by atoms with van der Waals surface area (Å²) in [6.45, 7) is 0. The third-order valence-electron chi connectivity index (χ3n) is 6.10. The summed E-state index contributed by atoms with van der Waals surface area (Å²) in [6, 6.07) is 19.3. The Kier molecular flexibility index (Phi) is 3.61. The van der Waals surface area contributed by atoms with Gasteiger partial charge in [0.15, 0.2) is 5.78 Å². The van der Waals surface area contributed by atoms with Gasteiger partial charge in [-0.3, -0.25) is 9.63 Å². The lowest BCUT2D eigenvalue weighted by Crippen LogP contribution is -2.42. The molecule has 3 aliphatic rings. The van der Waals surface area contributed by atoms with Crippen LogP contribution in [0, 0.1) is 17.8 Å². The highest BCUT2D eigenvalue weighted by molar-refractivity contribution is 6.21. The number of halogens is 1. The van der Waals surface area contributed by atoms with Gasteiger partial charge < -0.3 is 0 Å². The number of Topliss-reactive ketones (excluding diaryl/α,β-unsaturated/α-hetero) is 1. The summed E-state index contributed by atoms with van der Waals surface area (Å²) < 4.78 is 0. The van der Waals surface area contributed by atoms with Crippen molar-refractivity contribution in [3.63, 3.8) is 0 Å². The van der Waals surface area contributed by atoms with E-state index in [0.29, 0.717) is 11.8 Å². The second-order valence-electron chi connectivity index (χ2n) is 7.40. The van der Waals surface area contributed by atoms with Crippen LogP contribution in [0.2, 0.25) is 0 Å². The molecule has 128 valence electrons. The van der Waals surface area contributed by atoms with Gasteiger partial charge in [0.1, 0.15) is 6.04 Å². The van der Waals surface area contributed by atoms with E-state index in [0.717, 1.165) is 24.1 Å². The Morgan fingerprint density at radius 2 is 1.68 bits per heavy atom. The van der Waals surface area contributed by atoms with E-state index in [2.05, 4.69) is 0 Å². The Hall–Kier alpha value is -1.84. The number of para-hydroxylation sites is 1. The van der Waals surface area contributed by atoms with Gasteiger partial charge in [-0.15, -0.1) is 11.6 Å². The summed E-state index contributed by atoms with van der Waals surface area (Å²) in [7, 11) is 0. The normalized spacial score (nSPS) is 35.8. The van der Waals surface area contributed by atoms with Crippen LogP contribution in [0.5, 0.6) is 0 Å². The van der Waals surface area contributed by atoms with Gasteiger partial charge in [-0.05, 0) is 30.9 Å². The quantitative estimate of drug-likeness (QED) is 0.608. The molecule has 1 heterocycles. The molecule has 0 amide bonds. The van der Waals surface area contributed by atoms with Crippen LogP contribution in [-0.4, -0.2) is 23.3 Å². The monoisotopic (exact) mass is 353 g/mol. The number of carbonyl (C=O) groups is 1. The van der Waals surface area contributed by atoms with E-state index in [9.17, 15) is 4.79 Å². The number of ketones is 1. The maximum atomic E-state index is 13.4. The minimum absolute atomic E-state index is 0.0547. The number of hydrogen-bond donors (Lipinski definition) is 0. The Balaban J connectivity index is 1.56. The highest BCUT2D eigenvalue weighted by Crippen LogP contribution is 2.57. The molecule has 0 radical (unpaired) electrons. The van der Waals surface area contributed by atoms with Gasteiger partial charge in [-0.2, -0.15) is 0 Å². The Bertz CT molecular complexity index is 781. The molecule has 0 unspecified atom stereocenters. The Morgan fingerprint density at radius 3 is 2.40 bits per heavy atom. The van der Waals surface area contributed by atoms with Crippen LogP contribution < -0.4 is 5.06 Å². The van der Waals surface area contributed by atoms with Crippen molar-refractivity contribution in [2.75, 3.05) is 5.06 Å². The second kappa shape index (κ2) is 5.86. The average Bonchev–Trinajstić information content (AvgIpc) is 3.32. The van der Waals surface area contributed by atoms with Gasteiger partial charge >= 0.3 is 0 Å². The summed E-state index contributed by atoms with van der Waals surface area (Å²) in [5.74, 6) is 1.21. The van der Waals surface area contributed by atoms with Gasteiger partial charge in [-0.25, -0.2) is 5.06 Å². The predicted octanol–water partition coefficient (Wildman–Crippen LogP) is 4.32. The van der Waals surface area contributed by atoms with Crippen LogP contribution in [-0.2, 0) is 4.84 Å². The highest BCUT2D eigenvalue weighted by atomic mass is 35.5. The number of carbonyl (C=O) groups excluding carboxylic acids is 1. The zero-order chi connectivity index (χ0) is 17.0. The number of benzene rings is 2. The van der Waals surface area contributed by atoms with Gasteiger partial charge in [0.25, 0.3) is 0 Å². The Morgan fingerprint density at radius 1 is 1.00 bits per heavy atom. The maximum absolute atomic E-state index is 13.4. The fourth-order valence-corrected chi connectivity index (χ4v) is 5.53. The summed E-state index contributed by atoms with van der Waals surface area (Å²) in [5, 5.41) is 2.04. The summed E-state index contributed by atoms with van der Waals surface area (Å²) in [5.41, 5.74) is 1.69. The lowest BCUT2D eigenvalue weighted by molar-refractivity contribution is 0.0371. The van der Waals surface area contributed by atoms with E-state index in [1.165, 1.54) is 0 Å². The van der Waals surface area contributed by atoms with Crippen molar-refractivity contribution in [3.8, 4) is 0 Å². The van der Waals surface area contributed by atoms with Gasteiger partial charge in [0.05, 0.1) is 11.8 Å². The lowest BCUT2D eigenvalue weighted by Gasteiger charge is -2.28. The van der Waals surface area contributed by atoms with Crippen molar-refractivity contribution in [1.29, 1.82) is 0 Å². The number of anilines is 1. The zero-order valence-electron chi connectivity index (χ0n) is 13.8. The predicted molar refractivity (Wildman–Crippen MR) is 97.7 cm³/mol. The molecule has 2 aromatic rings. The molecule has 5 rings (SSSR count). The van der Waals surface area contributed by atoms with Gasteiger partial charge in [0.2, 0.25) is 0 Å². The molecule has 0 spiro atoms. The van der Waals surface area contributed by atoms with E-state index in [1.54, 1.807) is 0 Å². The number of alkyl halides is 1. The van der Waals surface area contributed by atoms with Crippen LogP contribution >= 0.6 is 11.6 Å². The molecule has 2 aromatic carbocycles. The van der Waals surface area contributed by atoms with Gasteiger partial charge in [0, 0.05) is 22.8 Å². The summed E-state index contributed by atoms with van der Waals surface area (Å²) >= 11 is 6.53. The van der Waals surface area contributed by atoms with Crippen LogP contribution in [0.3, 0.4) is 0 Å². The van der Waals surface area contributed by atoms with E-state index in [1.807, 2.05) is 65.7 Å². The molecule has 1 saturated heterocycles. The third-order valence-corrected chi connectivity index (χ3v) is 6.61. The molecule has 1 aliphatic heterocycles. The number of nitrogens with zero attached hydrogens (tertiary/aromatic N) is 1. The molecule has 6 atom stereocenters. The topological polar surface area (TPSA) is 29.5 Å². The SMILES string of the molecule is O=C(c1ccccc1)[C@@H]1[C@@H]2[C@@H]3C[C@@H]([C@H]2ON1c1ccccc1)[C@@H](Cl)C3. The third kappa shape index (κ3) is 2.33. The molecule has 25 heavy (non-hydrogen) atoms. The van der Waals surface area contributed by atoms with E-state index >= 15 is 0 Å². The molecule has 2 saturated carbocycles. The Labute approximate surface area is 152 Å². The first-order valence-corrected chi connectivity index (χ1v) is 9.42. The first kappa shape index (κ1) is 15.4. The molecule has 4 heteroatoms. The molecular formula is C21H20ClNO2. The van der Waals surface area contributed by atoms with Crippen LogP contribution in [0.25, 0.3) is 0 Å². The summed E-state index contributed by atoms with van der Waals surface area (Å²) in [4.78, 5) is 19.7. The first-order valence-electron chi connectivity index (χ1n) is 8.98. The fraction of sp³-hybridized carbons (Fsp3) is 0.381. The van der Waals surface area contributed by atoms with Crippen molar-refractivity contribution < 1.29 is 9.63 Å². The smallest absolute Gasteiger partial charge is 0.188 e. The molecule has 2 bridgehead atoms. The van der Waals surface area contributed by atoms with Crippen molar-refractivity contribution >= 4 is 23.1 Å². The van der Waals surface area contributed by atoms with Crippen molar-refractivity contribution in [1.82, 2.24) is 0 Å². The number of hydroxylamine groups is 1. The molecular weight excluding hydrogens is 334 g/mol. The molecule has 3 fully saturated rings. The largest absolute Gasteiger partial charge is 0.292 e. The van der Waals surface area contributed by atoms with Crippen LogP contribution in [0.4, 0.5) is 5.69 Å². The van der Waals surface area contributed by atoms with Gasteiger partial charge in [-0.1, -0.05) is 48.5 Å². The zero-order valence-corrected chi connectivity index (χ0v) is 14.5. The molecule has 0 aromatic heterocycles. The highest BCUT2D eigenvalue weighted by Gasteiger charge is 2.62. The van der Waals surface area contributed by atoms with Crippen LogP contribution in [0.1, 0.15) is 23.2 Å². The van der Waals surface area contributed by atoms with E-state index in [-0.39, 0.29) is 29.2 Å². The second-order valence-corrected chi connectivity index (χ2v) is 7.96. The minimum Gasteiger partial charge on any atom is -0.292 e. The van der Waals surface area contributed by atoms with Crippen molar-refractivity contribution in [2.45, 2.75) is 30.4 Å². The first-order chi connectivity index (χ1) is 12.2. The van der Waals surface area contributed by atoms with E-state index < -0.39 is 0 Å². The standard InChI is InChI=1S/C21H20ClNO2/c22-17-12-14-11-16(17)21-18(14)19(20(24)13-7-3-1-4-8-13)23(25-21)15-9-5-2-6-10-15/h1-10,14,16-19,21H,11-12H2/t14-,16-,17+,18+,19+,21-/m1/s1. The number of rotatable bonds is 3. The minimum atomic E-state index is -0.269. The average molecular weight is 354 g/mol. The number of hydrogen-bond acceptors (Lipinski definition) is 3. The van der Waals surface area contributed by atoms with Crippen molar-refractivity contribution in [3.05, 3.63) is 66.2 Å². The van der Waals surface area contributed by atoms with Crippen molar-refractivity contribution in [2.24, 2.45) is 17.8 Å². The molecule has 3 nitrogen and oxygen atoms in total. The molecule has 0 N–H and O–H groups in total. The summed E-state index contributed by atoms with van der Waals surface area (Å²) in [6.07, 6.45) is 2.14. The molecule has 2 aliphatic carbocycles. The fourth-order valence-electron chi connectivity index (χ4n) is 5.06. The van der Waals surface area contributed by atoms with E-state index in [4.69, 9.17) is 16.4 Å². The number of fused-ring (bicyclic) bond motifs is 5. The maximum Gasteiger partial charge on any atom is 0.188 e.